The molecule has 1 saturated carbocycles. The van der Waals surface area contributed by atoms with Crippen LogP contribution in [0.2, 0.25) is 0 Å². The van der Waals surface area contributed by atoms with E-state index in [4.69, 9.17) is 5.73 Å². The minimum absolute atomic E-state index is 0.153. The van der Waals surface area contributed by atoms with Gasteiger partial charge in [0.05, 0.1) is 22.5 Å². The Morgan fingerprint density at radius 1 is 1.53 bits per heavy atom. The Bertz CT molecular complexity index is 436. The highest BCUT2D eigenvalue weighted by molar-refractivity contribution is 9.10. The maximum absolute atomic E-state index is 9.85. The molecule has 108 valence electrons. The predicted molar refractivity (Wildman–Crippen MR) is 80.0 cm³/mol. The number of halogens is 1. The average Bonchev–Trinajstić information content (AvgIpc) is 3.19. The van der Waals surface area contributed by atoms with Crippen molar-refractivity contribution < 1.29 is 5.11 Å². The number of hydrogen-bond donors (Lipinski definition) is 2. The number of aliphatic hydroxyl groups is 1. The second-order valence-corrected chi connectivity index (χ2v) is 6.64. The monoisotopic (exact) mass is 329 g/mol. The van der Waals surface area contributed by atoms with Crippen molar-refractivity contribution in [2.75, 3.05) is 13.2 Å². The van der Waals surface area contributed by atoms with E-state index in [9.17, 15) is 5.11 Å². The van der Waals surface area contributed by atoms with Crippen molar-refractivity contribution in [3.8, 4) is 0 Å². The lowest BCUT2D eigenvalue weighted by Crippen LogP contribution is -2.37. The van der Waals surface area contributed by atoms with Gasteiger partial charge in [-0.2, -0.15) is 5.10 Å². The molecule has 4 nitrogen and oxygen atoms in total. The fourth-order valence-electron chi connectivity index (χ4n) is 2.74. The first kappa shape index (κ1) is 15.0. The van der Waals surface area contributed by atoms with Crippen LogP contribution >= 0.6 is 15.9 Å². The molecule has 1 aromatic heterocycles. The number of nitrogens with two attached hydrogens (primary N) is 1. The summed E-state index contributed by atoms with van der Waals surface area (Å²) in [5, 5.41) is 14.4. The van der Waals surface area contributed by atoms with Crippen LogP contribution in [0.3, 0.4) is 0 Å². The number of aromatic nitrogens is 2. The molecule has 1 heterocycles. The van der Waals surface area contributed by atoms with Crippen molar-refractivity contribution in [3.63, 3.8) is 0 Å². The average molecular weight is 330 g/mol. The molecule has 1 atom stereocenters. The quantitative estimate of drug-likeness (QED) is 0.806. The maximum Gasteiger partial charge on any atom is 0.0738 e. The molecule has 0 aliphatic heterocycles. The van der Waals surface area contributed by atoms with Gasteiger partial charge in [-0.25, -0.2) is 0 Å². The van der Waals surface area contributed by atoms with Gasteiger partial charge in [0.1, 0.15) is 0 Å². The van der Waals surface area contributed by atoms with Crippen LogP contribution in [0, 0.1) is 18.3 Å². The molecule has 0 saturated heterocycles. The van der Waals surface area contributed by atoms with Gasteiger partial charge in [-0.15, -0.1) is 0 Å². The van der Waals surface area contributed by atoms with Crippen molar-refractivity contribution in [1.82, 2.24) is 9.78 Å². The van der Waals surface area contributed by atoms with E-state index in [1.165, 1.54) is 18.5 Å². The largest absolute Gasteiger partial charge is 0.396 e. The van der Waals surface area contributed by atoms with Gasteiger partial charge >= 0.3 is 0 Å². The molecule has 0 radical (unpaired) electrons. The lowest BCUT2D eigenvalue weighted by atomic mass is 9.79. The third-order valence-corrected chi connectivity index (χ3v) is 5.21. The summed E-state index contributed by atoms with van der Waals surface area (Å²) in [6.45, 7) is 5.62. The molecule has 2 rings (SSSR count). The number of hydrogen-bond acceptors (Lipinski definition) is 3. The van der Waals surface area contributed by atoms with Gasteiger partial charge in [0.2, 0.25) is 0 Å². The molecule has 1 unspecified atom stereocenters. The van der Waals surface area contributed by atoms with Gasteiger partial charge in [0, 0.05) is 18.5 Å². The highest BCUT2D eigenvalue weighted by atomic mass is 79.9. The van der Waals surface area contributed by atoms with E-state index in [2.05, 4.69) is 28.0 Å². The second-order valence-electron chi connectivity index (χ2n) is 5.85. The Morgan fingerprint density at radius 3 is 2.68 bits per heavy atom. The highest BCUT2D eigenvalue weighted by Gasteiger charge is 2.37. The summed E-state index contributed by atoms with van der Waals surface area (Å²) >= 11 is 3.63. The van der Waals surface area contributed by atoms with Crippen molar-refractivity contribution in [2.45, 2.75) is 46.1 Å². The van der Waals surface area contributed by atoms with Gasteiger partial charge in [0.15, 0.2) is 0 Å². The summed E-state index contributed by atoms with van der Waals surface area (Å²) in [7, 11) is 0. The van der Waals surface area contributed by atoms with Crippen LogP contribution in [0.15, 0.2) is 4.47 Å². The lowest BCUT2D eigenvalue weighted by Gasteiger charge is -2.31. The normalized spacial score (nSPS) is 18.6. The van der Waals surface area contributed by atoms with Gasteiger partial charge in [0.25, 0.3) is 0 Å². The molecular weight excluding hydrogens is 306 g/mol. The van der Waals surface area contributed by atoms with E-state index in [0.29, 0.717) is 6.54 Å². The van der Waals surface area contributed by atoms with Gasteiger partial charge in [-0.1, -0.05) is 12.8 Å². The SMILES string of the molecule is CCn1nc(C)c(Br)c1CC(CN)(CO)CC1CC1. The topological polar surface area (TPSA) is 64.1 Å². The van der Waals surface area contributed by atoms with Gasteiger partial charge in [-0.05, 0) is 48.5 Å². The van der Waals surface area contributed by atoms with Crippen molar-refractivity contribution in [3.05, 3.63) is 15.9 Å². The molecule has 1 aliphatic rings. The standard InChI is InChI=1S/C14H24BrN3O/c1-3-18-12(13(15)10(2)17-18)7-14(8-16,9-19)6-11-4-5-11/h11,19H,3-9,16H2,1-2H3. The molecule has 1 fully saturated rings. The smallest absolute Gasteiger partial charge is 0.0738 e. The van der Waals surface area contributed by atoms with E-state index in [1.807, 2.05) is 11.6 Å². The Labute approximate surface area is 123 Å². The Kier molecular flexibility index (Phi) is 4.69. The molecule has 5 heteroatoms. The lowest BCUT2D eigenvalue weighted by molar-refractivity contribution is 0.113. The third-order valence-electron chi connectivity index (χ3n) is 4.18. The number of aliphatic hydroxyl groups excluding tert-OH is 1. The number of rotatable bonds is 7. The number of aryl methyl sites for hydroxylation is 2. The zero-order chi connectivity index (χ0) is 14.0. The Morgan fingerprint density at radius 2 is 2.21 bits per heavy atom. The molecule has 1 aromatic rings. The van der Waals surface area contributed by atoms with Crippen molar-refractivity contribution >= 4 is 15.9 Å². The maximum atomic E-state index is 9.85. The van der Waals surface area contributed by atoms with Crippen molar-refractivity contribution in [1.29, 1.82) is 0 Å². The minimum Gasteiger partial charge on any atom is -0.396 e. The zero-order valence-corrected chi connectivity index (χ0v) is 13.4. The van der Waals surface area contributed by atoms with Crippen LogP contribution in [0.5, 0.6) is 0 Å². The minimum atomic E-state index is -0.191. The summed E-state index contributed by atoms with van der Waals surface area (Å²) in [5.74, 6) is 0.758. The van der Waals surface area contributed by atoms with Crippen molar-refractivity contribution in [2.24, 2.45) is 17.1 Å². The molecule has 3 N–H and O–H groups in total. The Hall–Kier alpha value is -0.390. The van der Waals surface area contributed by atoms with Crippen LogP contribution in [0.1, 0.15) is 37.6 Å². The molecule has 19 heavy (non-hydrogen) atoms. The Balaban J connectivity index is 2.24. The summed E-state index contributed by atoms with van der Waals surface area (Å²) in [6.07, 6.45) is 4.40. The summed E-state index contributed by atoms with van der Waals surface area (Å²) in [5.41, 5.74) is 7.97. The third kappa shape index (κ3) is 3.20. The van der Waals surface area contributed by atoms with Gasteiger partial charge in [-0.3, -0.25) is 4.68 Å². The first-order valence-electron chi connectivity index (χ1n) is 7.08. The van der Waals surface area contributed by atoms with E-state index >= 15 is 0 Å². The van der Waals surface area contributed by atoms with Crippen LogP contribution in [-0.4, -0.2) is 28.0 Å². The summed E-state index contributed by atoms with van der Waals surface area (Å²) in [6, 6.07) is 0. The summed E-state index contributed by atoms with van der Waals surface area (Å²) < 4.78 is 3.09. The van der Waals surface area contributed by atoms with Crippen LogP contribution in [-0.2, 0) is 13.0 Å². The predicted octanol–water partition coefficient (Wildman–Crippen LogP) is 2.25. The first-order valence-corrected chi connectivity index (χ1v) is 7.87. The van der Waals surface area contributed by atoms with E-state index < -0.39 is 0 Å². The fourth-order valence-corrected chi connectivity index (χ4v) is 3.16. The van der Waals surface area contributed by atoms with E-state index in [0.717, 1.165) is 35.5 Å². The zero-order valence-electron chi connectivity index (χ0n) is 11.8. The van der Waals surface area contributed by atoms with E-state index in [-0.39, 0.29) is 12.0 Å². The van der Waals surface area contributed by atoms with E-state index in [1.54, 1.807) is 0 Å². The molecule has 0 spiro atoms. The first-order chi connectivity index (χ1) is 9.05. The summed E-state index contributed by atoms with van der Waals surface area (Å²) in [4.78, 5) is 0. The van der Waals surface area contributed by atoms with Crippen LogP contribution in [0.4, 0.5) is 0 Å². The van der Waals surface area contributed by atoms with Crippen LogP contribution < -0.4 is 5.73 Å². The number of nitrogens with zero attached hydrogens (tertiary/aromatic N) is 2. The molecular formula is C14H24BrN3O. The highest BCUT2D eigenvalue weighted by Crippen LogP contribution is 2.42. The molecule has 0 aromatic carbocycles. The second kappa shape index (κ2) is 5.94. The molecule has 1 aliphatic carbocycles. The van der Waals surface area contributed by atoms with Gasteiger partial charge < -0.3 is 10.8 Å². The fraction of sp³-hybridized carbons (Fsp3) is 0.786. The van der Waals surface area contributed by atoms with Crippen LogP contribution in [0.25, 0.3) is 0 Å². The molecule has 0 bridgehead atoms. The molecule has 0 amide bonds.